The van der Waals surface area contributed by atoms with Gasteiger partial charge in [0.15, 0.2) is 0 Å². The number of carbonyl (C=O) groups is 1. The van der Waals surface area contributed by atoms with E-state index in [2.05, 4.69) is 69.6 Å². The SMILES string of the molecule is CCCCCCc1cc(C(C)(C)Br)sc1C(C)(C)COC(=O)CCC(C)(C#N)SC(=S)SCCCC. The first-order valence-corrected chi connectivity index (χ1v) is 16.8. The molecule has 0 aromatic carbocycles. The maximum absolute atomic E-state index is 12.7. The minimum Gasteiger partial charge on any atom is -0.465 e. The number of thiocarbonyl (C=S) groups is 1. The molecule has 0 fully saturated rings. The van der Waals surface area contributed by atoms with Crippen LogP contribution < -0.4 is 0 Å². The Morgan fingerprint density at radius 3 is 2.39 bits per heavy atom. The molecule has 0 N–H and O–H groups in total. The molecule has 0 aliphatic rings. The maximum Gasteiger partial charge on any atom is 0.305 e. The summed E-state index contributed by atoms with van der Waals surface area (Å²) in [7, 11) is 0. The lowest BCUT2D eigenvalue weighted by Crippen LogP contribution is -2.27. The van der Waals surface area contributed by atoms with Gasteiger partial charge in [0.1, 0.15) is 14.9 Å². The number of thiophene rings is 1. The number of hydrogen-bond acceptors (Lipinski definition) is 7. The van der Waals surface area contributed by atoms with Gasteiger partial charge in [-0.1, -0.05) is 93.3 Å². The van der Waals surface area contributed by atoms with Crippen LogP contribution in [0.4, 0.5) is 0 Å². The van der Waals surface area contributed by atoms with Gasteiger partial charge < -0.3 is 4.74 Å². The molecule has 1 aromatic heterocycles. The molecule has 0 saturated heterocycles. The van der Waals surface area contributed by atoms with Crippen molar-refractivity contribution in [1.29, 1.82) is 5.26 Å². The highest BCUT2D eigenvalue weighted by molar-refractivity contribution is 9.09. The molecule has 8 heteroatoms. The van der Waals surface area contributed by atoms with Gasteiger partial charge in [-0.2, -0.15) is 5.26 Å². The number of thioether (sulfide) groups is 2. The zero-order valence-electron chi connectivity index (χ0n) is 23.1. The number of alkyl halides is 1. The van der Waals surface area contributed by atoms with Crippen LogP contribution in [0.5, 0.6) is 0 Å². The van der Waals surface area contributed by atoms with Crippen LogP contribution in [0, 0.1) is 11.3 Å². The molecular weight excluding hydrogens is 590 g/mol. The molecule has 0 aliphatic heterocycles. The van der Waals surface area contributed by atoms with Crippen LogP contribution in [0.3, 0.4) is 0 Å². The van der Waals surface area contributed by atoms with Gasteiger partial charge in [-0.25, -0.2) is 0 Å². The lowest BCUT2D eigenvalue weighted by atomic mass is 9.88. The first kappa shape index (κ1) is 34.0. The molecule has 1 rings (SSSR count). The van der Waals surface area contributed by atoms with Gasteiger partial charge in [0, 0.05) is 21.6 Å². The van der Waals surface area contributed by atoms with E-state index in [-0.39, 0.29) is 22.1 Å². The summed E-state index contributed by atoms with van der Waals surface area (Å²) in [5.74, 6) is 0.718. The van der Waals surface area contributed by atoms with Gasteiger partial charge in [0.05, 0.1) is 10.4 Å². The minimum absolute atomic E-state index is 0.0876. The lowest BCUT2D eigenvalue weighted by molar-refractivity contribution is -0.145. The number of esters is 1. The summed E-state index contributed by atoms with van der Waals surface area (Å²) in [6.07, 6.45) is 8.83. The molecule has 0 saturated carbocycles. The highest BCUT2D eigenvalue weighted by Gasteiger charge is 2.32. The first-order valence-electron chi connectivity index (χ1n) is 13.0. The minimum atomic E-state index is -0.722. The molecule has 1 aromatic rings. The average molecular weight is 635 g/mol. The predicted octanol–water partition coefficient (Wildman–Crippen LogP) is 9.94. The smallest absolute Gasteiger partial charge is 0.305 e. The molecule has 1 heterocycles. The molecule has 0 aliphatic carbocycles. The Hall–Kier alpha value is -0.0700. The number of aryl methyl sites for hydroxylation is 1. The third-order valence-electron chi connectivity index (χ3n) is 5.97. The van der Waals surface area contributed by atoms with E-state index in [4.69, 9.17) is 17.0 Å². The first-order chi connectivity index (χ1) is 16.8. The Morgan fingerprint density at radius 2 is 1.81 bits per heavy atom. The van der Waals surface area contributed by atoms with Crippen LogP contribution in [-0.2, 0) is 25.7 Å². The van der Waals surface area contributed by atoms with Crippen LogP contribution in [0.25, 0.3) is 0 Å². The number of carbonyl (C=O) groups excluding carboxylic acids is 1. The van der Waals surface area contributed by atoms with E-state index in [1.807, 2.05) is 18.3 Å². The Morgan fingerprint density at radius 1 is 1.14 bits per heavy atom. The van der Waals surface area contributed by atoms with Crippen LogP contribution in [0.1, 0.15) is 115 Å². The number of hydrogen-bond donors (Lipinski definition) is 0. The van der Waals surface area contributed by atoms with Gasteiger partial charge >= 0.3 is 5.97 Å². The second kappa shape index (κ2) is 16.1. The summed E-state index contributed by atoms with van der Waals surface area (Å²) in [5, 5.41) is 9.74. The van der Waals surface area contributed by atoms with Gasteiger partial charge in [-0.15, -0.1) is 23.1 Å². The number of nitriles is 1. The number of nitrogens with zero attached hydrogens (tertiary/aromatic N) is 1. The van der Waals surface area contributed by atoms with E-state index < -0.39 is 4.75 Å². The number of ether oxygens (including phenoxy) is 1. The van der Waals surface area contributed by atoms with Crippen molar-refractivity contribution in [3.05, 3.63) is 21.4 Å². The molecule has 0 radical (unpaired) electrons. The monoisotopic (exact) mass is 633 g/mol. The molecule has 1 unspecified atom stereocenters. The molecule has 36 heavy (non-hydrogen) atoms. The van der Waals surface area contributed by atoms with Crippen molar-refractivity contribution in [1.82, 2.24) is 0 Å². The van der Waals surface area contributed by atoms with Crippen molar-refractivity contribution in [2.45, 2.75) is 121 Å². The van der Waals surface area contributed by atoms with E-state index in [0.29, 0.717) is 13.0 Å². The Labute approximate surface area is 246 Å². The molecule has 0 spiro atoms. The molecule has 204 valence electrons. The van der Waals surface area contributed by atoms with Gasteiger partial charge in [0.25, 0.3) is 0 Å². The van der Waals surface area contributed by atoms with Gasteiger partial charge in [-0.05, 0) is 63.8 Å². The highest BCUT2D eigenvalue weighted by Crippen LogP contribution is 2.42. The van der Waals surface area contributed by atoms with E-state index in [1.165, 1.54) is 52.8 Å². The lowest BCUT2D eigenvalue weighted by Gasteiger charge is -2.26. The quantitative estimate of drug-likeness (QED) is 0.0781. The number of unbranched alkanes of at least 4 members (excludes halogenated alkanes) is 4. The van der Waals surface area contributed by atoms with Crippen molar-refractivity contribution in [3.8, 4) is 6.07 Å². The summed E-state index contributed by atoms with van der Waals surface area (Å²) in [4.78, 5) is 15.3. The van der Waals surface area contributed by atoms with Gasteiger partial charge in [-0.3, -0.25) is 4.79 Å². The largest absolute Gasteiger partial charge is 0.465 e. The average Bonchev–Trinajstić information content (AvgIpc) is 3.25. The fraction of sp³-hybridized carbons (Fsp3) is 0.750. The zero-order chi connectivity index (χ0) is 27.4. The predicted molar refractivity (Wildman–Crippen MR) is 169 cm³/mol. The molecule has 1 atom stereocenters. The van der Waals surface area contributed by atoms with Crippen LogP contribution >= 0.6 is 63.0 Å². The summed E-state index contributed by atoms with van der Waals surface area (Å²) < 4.78 is 5.74. The molecule has 3 nitrogen and oxygen atoms in total. The normalized spacial score (nSPS) is 13.8. The third kappa shape index (κ3) is 12.2. The molecular formula is C28H44BrNO2S4. The Kier molecular flexibility index (Phi) is 15.2. The Bertz CT molecular complexity index is 885. The Balaban J connectivity index is 2.77. The van der Waals surface area contributed by atoms with E-state index in [9.17, 15) is 10.1 Å². The third-order valence-corrected chi connectivity index (χ3v) is 11.4. The maximum atomic E-state index is 12.7. The highest BCUT2D eigenvalue weighted by atomic mass is 79.9. The van der Waals surface area contributed by atoms with Crippen LogP contribution in [0.15, 0.2) is 6.07 Å². The summed E-state index contributed by atoms with van der Waals surface area (Å²) in [6, 6.07) is 4.69. The standard InChI is InChI=1S/C28H44BrNO2S4/c1-8-10-12-13-14-21-18-22(27(5,6)29)35-24(21)26(3,4)20-32-23(31)15-16-28(7,19-30)36-25(33)34-17-11-9-2/h18H,8-17,20H2,1-7H3. The summed E-state index contributed by atoms with van der Waals surface area (Å²) in [5.41, 5.74) is 1.10. The summed E-state index contributed by atoms with van der Waals surface area (Å²) >= 11 is 14.1. The fourth-order valence-electron chi connectivity index (χ4n) is 3.60. The van der Waals surface area contributed by atoms with Crippen LogP contribution in [0.2, 0.25) is 0 Å². The van der Waals surface area contributed by atoms with E-state index in [1.54, 1.807) is 11.8 Å². The van der Waals surface area contributed by atoms with Crippen molar-refractivity contribution in [3.63, 3.8) is 0 Å². The second-order valence-corrected chi connectivity index (χ2v) is 17.5. The van der Waals surface area contributed by atoms with Crippen molar-refractivity contribution in [2.75, 3.05) is 12.4 Å². The van der Waals surface area contributed by atoms with E-state index >= 15 is 0 Å². The van der Waals surface area contributed by atoms with Crippen LogP contribution in [-0.4, -0.2) is 26.6 Å². The summed E-state index contributed by atoms with van der Waals surface area (Å²) in [6.45, 7) is 15.2. The van der Waals surface area contributed by atoms with Crippen molar-refractivity contribution in [2.24, 2.45) is 0 Å². The molecule has 0 bridgehead atoms. The zero-order valence-corrected chi connectivity index (χ0v) is 28.0. The second-order valence-electron chi connectivity index (χ2n) is 10.7. The van der Waals surface area contributed by atoms with Crippen molar-refractivity contribution < 1.29 is 9.53 Å². The van der Waals surface area contributed by atoms with Gasteiger partial charge in [0.2, 0.25) is 0 Å². The number of halogens is 1. The number of rotatable bonds is 16. The fourth-order valence-corrected chi connectivity index (χ4v) is 8.31. The molecule has 0 amide bonds. The van der Waals surface area contributed by atoms with E-state index in [0.717, 1.165) is 28.5 Å². The van der Waals surface area contributed by atoms with Crippen molar-refractivity contribution >= 4 is 72.5 Å². The topological polar surface area (TPSA) is 50.1 Å².